The van der Waals surface area contributed by atoms with E-state index in [2.05, 4.69) is 37.4 Å². The zero-order valence-electron chi connectivity index (χ0n) is 16.0. The Balaban J connectivity index is 0.00000225. The zero-order chi connectivity index (χ0) is 19.0. The van der Waals surface area contributed by atoms with Gasteiger partial charge in [-0.25, -0.2) is 4.98 Å². The maximum atomic E-state index is 12.5. The van der Waals surface area contributed by atoms with Crippen molar-refractivity contribution in [2.24, 2.45) is 0 Å². The second kappa shape index (κ2) is 8.17. The summed E-state index contributed by atoms with van der Waals surface area (Å²) in [6.45, 7) is 6.21. The number of nitrogens with one attached hydrogen (secondary N) is 1. The Labute approximate surface area is 174 Å². The van der Waals surface area contributed by atoms with Crippen LogP contribution in [0.15, 0.2) is 54.0 Å². The number of aromatic nitrogens is 2. The van der Waals surface area contributed by atoms with E-state index in [9.17, 15) is 4.79 Å². The number of anilines is 1. The van der Waals surface area contributed by atoms with E-state index in [1.165, 1.54) is 11.1 Å². The Hall–Kier alpha value is -2.63. The van der Waals surface area contributed by atoms with Gasteiger partial charge in [-0.15, -0.1) is 23.7 Å². The number of aryl methyl sites for hydroxylation is 3. The highest BCUT2D eigenvalue weighted by molar-refractivity contribution is 7.15. The fraction of sp³-hybridized carbons (Fsp3) is 0.182. The predicted octanol–water partition coefficient (Wildman–Crippen LogP) is 5.59. The van der Waals surface area contributed by atoms with Crippen LogP contribution in [0.1, 0.15) is 22.4 Å². The minimum atomic E-state index is -0.0227. The molecule has 0 aliphatic carbocycles. The van der Waals surface area contributed by atoms with E-state index < -0.39 is 0 Å². The average Bonchev–Trinajstić information content (AvgIpc) is 3.21. The molecule has 0 saturated carbocycles. The summed E-state index contributed by atoms with van der Waals surface area (Å²) in [6, 6.07) is 14.2. The Morgan fingerprint density at radius 2 is 1.86 bits per heavy atom. The van der Waals surface area contributed by atoms with Gasteiger partial charge in [0.25, 0.3) is 0 Å². The molecule has 0 atom stereocenters. The fourth-order valence-corrected chi connectivity index (χ4v) is 3.94. The third-order valence-corrected chi connectivity index (χ3v) is 5.74. The van der Waals surface area contributed by atoms with Crippen molar-refractivity contribution in [2.45, 2.75) is 27.2 Å². The third-order valence-electron chi connectivity index (χ3n) is 4.85. The summed E-state index contributed by atoms with van der Waals surface area (Å²) in [5.41, 5.74) is 7.42. The number of fused-ring (bicyclic) bond motifs is 1. The molecule has 2 aromatic heterocycles. The summed E-state index contributed by atoms with van der Waals surface area (Å²) < 4.78 is 2.02. The summed E-state index contributed by atoms with van der Waals surface area (Å²) in [6.07, 6.45) is 2.34. The molecule has 144 valence electrons. The molecule has 2 aromatic carbocycles. The fourth-order valence-electron chi connectivity index (χ4n) is 3.07. The van der Waals surface area contributed by atoms with Crippen LogP contribution in [-0.2, 0) is 11.2 Å². The lowest BCUT2D eigenvalue weighted by atomic mass is 10.0. The normalized spacial score (nSPS) is 10.7. The monoisotopic (exact) mass is 411 g/mol. The van der Waals surface area contributed by atoms with Gasteiger partial charge in [0.2, 0.25) is 5.91 Å². The van der Waals surface area contributed by atoms with Gasteiger partial charge in [-0.2, -0.15) is 0 Å². The minimum Gasteiger partial charge on any atom is -0.326 e. The SMILES string of the molecule is Cc1ccc(-c2cn3c(CC(=O)Nc4ccccc4C)csc3n2)cc1C.Cl. The van der Waals surface area contributed by atoms with Crippen molar-refractivity contribution in [1.82, 2.24) is 9.38 Å². The number of halogens is 1. The second-order valence-electron chi connectivity index (χ2n) is 6.84. The highest BCUT2D eigenvalue weighted by Crippen LogP contribution is 2.25. The standard InChI is InChI=1S/C22H21N3OS.ClH/c1-14-8-9-17(10-16(14)3)20-12-25-18(13-27-22(25)24-20)11-21(26)23-19-7-5-4-6-15(19)2;/h4-10,12-13H,11H2,1-3H3,(H,23,26);1H. The summed E-state index contributed by atoms with van der Waals surface area (Å²) in [4.78, 5) is 18.1. The number of rotatable bonds is 4. The first-order chi connectivity index (χ1) is 13.0. The number of hydrogen-bond acceptors (Lipinski definition) is 3. The summed E-state index contributed by atoms with van der Waals surface area (Å²) in [5.74, 6) is -0.0227. The molecular weight excluding hydrogens is 390 g/mol. The van der Waals surface area contributed by atoms with E-state index in [1.54, 1.807) is 11.3 Å². The van der Waals surface area contributed by atoms with Crippen molar-refractivity contribution in [3.8, 4) is 11.3 Å². The van der Waals surface area contributed by atoms with Crippen molar-refractivity contribution in [3.63, 3.8) is 0 Å². The molecule has 4 aromatic rings. The van der Waals surface area contributed by atoms with E-state index in [0.717, 1.165) is 33.2 Å². The molecule has 6 heteroatoms. The Kier molecular flexibility index (Phi) is 5.87. The van der Waals surface area contributed by atoms with Crippen molar-refractivity contribution in [2.75, 3.05) is 5.32 Å². The van der Waals surface area contributed by atoms with Crippen molar-refractivity contribution in [3.05, 3.63) is 76.4 Å². The number of thiazole rings is 1. The van der Waals surface area contributed by atoms with Crippen LogP contribution in [0.2, 0.25) is 0 Å². The van der Waals surface area contributed by atoms with Gasteiger partial charge in [0.15, 0.2) is 4.96 Å². The van der Waals surface area contributed by atoms with Gasteiger partial charge < -0.3 is 5.32 Å². The summed E-state index contributed by atoms with van der Waals surface area (Å²) in [5, 5.41) is 5.00. The average molecular weight is 412 g/mol. The van der Waals surface area contributed by atoms with Crippen LogP contribution >= 0.6 is 23.7 Å². The van der Waals surface area contributed by atoms with Gasteiger partial charge in [-0.3, -0.25) is 9.20 Å². The van der Waals surface area contributed by atoms with Crippen LogP contribution in [0.5, 0.6) is 0 Å². The summed E-state index contributed by atoms with van der Waals surface area (Å²) >= 11 is 1.56. The smallest absolute Gasteiger partial charge is 0.230 e. The largest absolute Gasteiger partial charge is 0.326 e. The Morgan fingerprint density at radius 1 is 1.07 bits per heavy atom. The van der Waals surface area contributed by atoms with E-state index in [-0.39, 0.29) is 18.3 Å². The van der Waals surface area contributed by atoms with Crippen LogP contribution in [0, 0.1) is 20.8 Å². The zero-order valence-corrected chi connectivity index (χ0v) is 17.7. The number of para-hydroxylation sites is 1. The van der Waals surface area contributed by atoms with Crippen molar-refractivity contribution < 1.29 is 4.79 Å². The molecule has 0 aliphatic heterocycles. The highest BCUT2D eigenvalue weighted by Gasteiger charge is 2.13. The minimum absolute atomic E-state index is 0. The molecule has 1 amide bonds. The molecule has 0 aliphatic rings. The van der Waals surface area contributed by atoms with Gasteiger partial charge in [0.1, 0.15) is 0 Å². The lowest BCUT2D eigenvalue weighted by Crippen LogP contribution is -2.15. The van der Waals surface area contributed by atoms with Crippen molar-refractivity contribution in [1.29, 1.82) is 0 Å². The molecule has 4 nitrogen and oxygen atoms in total. The molecule has 0 bridgehead atoms. The van der Waals surface area contributed by atoms with Crippen molar-refractivity contribution >= 4 is 40.3 Å². The number of amides is 1. The van der Waals surface area contributed by atoms with Gasteiger partial charge in [0.05, 0.1) is 12.1 Å². The lowest BCUT2D eigenvalue weighted by molar-refractivity contribution is -0.115. The number of hydrogen-bond donors (Lipinski definition) is 1. The first-order valence-electron chi connectivity index (χ1n) is 8.90. The quantitative estimate of drug-likeness (QED) is 0.475. The van der Waals surface area contributed by atoms with Gasteiger partial charge >= 0.3 is 0 Å². The van der Waals surface area contributed by atoms with E-state index in [1.807, 2.05) is 47.2 Å². The molecule has 1 N–H and O–H groups in total. The summed E-state index contributed by atoms with van der Waals surface area (Å²) in [7, 11) is 0. The third kappa shape index (κ3) is 3.96. The van der Waals surface area contributed by atoms with Crippen LogP contribution in [-0.4, -0.2) is 15.3 Å². The molecule has 0 unspecified atom stereocenters. The van der Waals surface area contributed by atoms with Crippen LogP contribution in [0.3, 0.4) is 0 Å². The molecule has 2 heterocycles. The van der Waals surface area contributed by atoms with E-state index in [0.29, 0.717) is 6.42 Å². The molecule has 4 rings (SSSR count). The topological polar surface area (TPSA) is 46.4 Å². The number of carbonyl (C=O) groups is 1. The predicted molar refractivity (Wildman–Crippen MR) is 119 cm³/mol. The second-order valence-corrected chi connectivity index (χ2v) is 7.68. The number of imidazole rings is 1. The number of nitrogens with zero attached hydrogens (tertiary/aromatic N) is 2. The van der Waals surface area contributed by atoms with Crippen LogP contribution in [0.4, 0.5) is 5.69 Å². The molecule has 28 heavy (non-hydrogen) atoms. The molecule has 0 fully saturated rings. The van der Waals surface area contributed by atoms with E-state index in [4.69, 9.17) is 4.98 Å². The Bertz CT molecular complexity index is 1150. The highest BCUT2D eigenvalue weighted by atomic mass is 35.5. The van der Waals surface area contributed by atoms with Crippen LogP contribution in [0.25, 0.3) is 16.2 Å². The van der Waals surface area contributed by atoms with Gasteiger partial charge in [-0.1, -0.05) is 30.3 Å². The number of benzene rings is 2. The van der Waals surface area contributed by atoms with Gasteiger partial charge in [0, 0.05) is 28.5 Å². The molecule has 0 saturated heterocycles. The van der Waals surface area contributed by atoms with Gasteiger partial charge in [-0.05, 0) is 49.6 Å². The van der Waals surface area contributed by atoms with Crippen LogP contribution < -0.4 is 5.32 Å². The lowest BCUT2D eigenvalue weighted by Gasteiger charge is -2.07. The molecule has 0 radical (unpaired) electrons. The Morgan fingerprint density at radius 3 is 2.61 bits per heavy atom. The maximum absolute atomic E-state index is 12.5. The first kappa shape index (κ1) is 20.1. The maximum Gasteiger partial charge on any atom is 0.230 e. The molecular formula is C22H22ClN3OS. The molecule has 0 spiro atoms. The first-order valence-corrected chi connectivity index (χ1v) is 9.78. The number of carbonyl (C=O) groups excluding carboxylic acids is 1. The van der Waals surface area contributed by atoms with E-state index >= 15 is 0 Å².